The van der Waals surface area contributed by atoms with E-state index >= 15 is 0 Å². The molecule has 1 aromatic carbocycles. The summed E-state index contributed by atoms with van der Waals surface area (Å²) in [5.41, 5.74) is 1.58. The zero-order valence-electron chi connectivity index (χ0n) is 10.2. The first-order valence-corrected chi connectivity index (χ1v) is 7.29. The van der Waals surface area contributed by atoms with Crippen LogP contribution >= 0.6 is 34.5 Å². The molecule has 0 aliphatic heterocycles. The van der Waals surface area contributed by atoms with Gasteiger partial charge in [-0.15, -0.1) is 11.3 Å². The number of hydrogen-bond acceptors (Lipinski definition) is 4. The molecular formula is C13H11Cl2NO2S. The van der Waals surface area contributed by atoms with Crippen LogP contribution < -0.4 is 0 Å². The Morgan fingerprint density at radius 2 is 2.16 bits per heavy atom. The highest BCUT2D eigenvalue weighted by Gasteiger charge is 2.10. The minimum Gasteiger partial charge on any atom is -0.466 e. The lowest BCUT2D eigenvalue weighted by molar-refractivity contribution is -0.142. The van der Waals surface area contributed by atoms with Crippen LogP contribution in [0.15, 0.2) is 23.6 Å². The van der Waals surface area contributed by atoms with Gasteiger partial charge in [0.2, 0.25) is 0 Å². The number of ether oxygens (including phenoxy) is 1. The van der Waals surface area contributed by atoms with Crippen LogP contribution in [0.4, 0.5) is 0 Å². The second kappa shape index (κ2) is 6.37. The number of benzene rings is 1. The summed E-state index contributed by atoms with van der Waals surface area (Å²) in [5, 5.41) is 3.64. The van der Waals surface area contributed by atoms with Crippen molar-refractivity contribution >= 4 is 40.5 Å². The Balaban J connectivity index is 2.16. The van der Waals surface area contributed by atoms with Crippen LogP contribution in [0, 0.1) is 0 Å². The van der Waals surface area contributed by atoms with Gasteiger partial charge in [0.1, 0.15) is 5.01 Å². The Labute approximate surface area is 125 Å². The highest BCUT2D eigenvalue weighted by molar-refractivity contribution is 7.13. The van der Waals surface area contributed by atoms with E-state index < -0.39 is 0 Å². The molecular weight excluding hydrogens is 305 g/mol. The molecule has 0 fully saturated rings. The third-order valence-electron chi connectivity index (χ3n) is 2.35. The maximum atomic E-state index is 11.4. The van der Waals surface area contributed by atoms with Crippen LogP contribution in [-0.2, 0) is 16.0 Å². The Morgan fingerprint density at radius 1 is 1.37 bits per heavy atom. The Hall–Kier alpha value is -1.10. The summed E-state index contributed by atoms with van der Waals surface area (Å²) in [7, 11) is 0. The lowest BCUT2D eigenvalue weighted by atomic mass is 10.2. The van der Waals surface area contributed by atoms with Crippen molar-refractivity contribution < 1.29 is 9.53 Å². The lowest BCUT2D eigenvalue weighted by Gasteiger charge is -2.00. The molecule has 0 unspecified atom stereocenters. The Kier molecular flexibility index (Phi) is 4.80. The number of esters is 1. The van der Waals surface area contributed by atoms with Crippen molar-refractivity contribution in [2.75, 3.05) is 6.61 Å². The third-order valence-corrected chi connectivity index (χ3v) is 4.03. The molecule has 0 saturated heterocycles. The number of thiazole rings is 1. The number of nitrogens with zero attached hydrogens (tertiary/aromatic N) is 1. The standard InChI is InChI=1S/C13H11Cl2NO2S/c1-2-18-12(17)6-9-7-19-13(16-9)8-3-4-10(14)11(15)5-8/h3-5,7H,2,6H2,1H3. The van der Waals surface area contributed by atoms with E-state index in [0.717, 1.165) is 10.6 Å². The average molecular weight is 316 g/mol. The van der Waals surface area contributed by atoms with Gasteiger partial charge in [-0.05, 0) is 19.1 Å². The van der Waals surface area contributed by atoms with E-state index in [-0.39, 0.29) is 12.4 Å². The number of halogens is 2. The Bertz CT molecular complexity index is 598. The minimum absolute atomic E-state index is 0.186. The van der Waals surface area contributed by atoms with Gasteiger partial charge in [0, 0.05) is 10.9 Å². The summed E-state index contributed by atoms with van der Waals surface area (Å²) in [6.07, 6.45) is 0.186. The third kappa shape index (κ3) is 3.69. The number of hydrogen-bond donors (Lipinski definition) is 0. The zero-order chi connectivity index (χ0) is 13.8. The van der Waals surface area contributed by atoms with Crippen LogP contribution in [0.3, 0.4) is 0 Å². The summed E-state index contributed by atoms with van der Waals surface area (Å²) in [4.78, 5) is 15.8. The molecule has 0 N–H and O–H groups in total. The summed E-state index contributed by atoms with van der Waals surface area (Å²) < 4.78 is 4.88. The first-order valence-electron chi connectivity index (χ1n) is 5.65. The second-order valence-corrected chi connectivity index (χ2v) is 5.43. The molecule has 1 aromatic heterocycles. The molecule has 0 aliphatic rings. The Morgan fingerprint density at radius 3 is 2.84 bits per heavy atom. The summed E-state index contributed by atoms with van der Waals surface area (Å²) in [6, 6.07) is 5.34. The molecule has 0 radical (unpaired) electrons. The molecule has 3 nitrogen and oxygen atoms in total. The molecule has 100 valence electrons. The van der Waals surface area contributed by atoms with Crippen molar-refractivity contribution in [1.29, 1.82) is 0 Å². The van der Waals surface area contributed by atoms with Crippen molar-refractivity contribution in [2.24, 2.45) is 0 Å². The largest absolute Gasteiger partial charge is 0.466 e. The van der Waals surface area contributed by atoms with Gasteiger partial charge in [0.05, 0.1) is 28.8 Å². The van der Waals surface area contributed by atoms with Crippen LogP contribution in [-0.4, -0.2) is 17.6 Å². The first-order chi connectivity index (χ1) is 9.10. The average Bonchev–Trinajstić information content (AvgIpc) is 2.81. The molecule has 0 aliphatic carbocycles. The number of rotatable bonds is 4. The molecule has 0 bridgehead atoms. The van der Waals surface area contributed by atoms with Gasteiger partial charge in [-0.2, -0.15) is 0 Å². The van der Waals surface area contributed by atoms with Crippen LogP contribution in [0.5, 0.6) is 0 Å². The van der Waals surface area contributed by atoms with E-state index in [9.17, 15) is 4.79 Å². The molecule has 2 aromatic rings. The summed E-state index contributed by atoms with van der Waals surface area (Å²) >= 11 is 13.3. The predicted octanol–water partition coefficient (Wildman–Crippen LogP) is 4.22. The predicted molar refractivity (Wildman–Crippen MR) is 77.9 cm³/mol. The highest BCUT2D eigenvalue weighted by Crippen LogP contribution is 2.30. The minimum atomic E-state index is -0.270. The zero-order valence-corrected chi connectivity index (χ0v) is 12.5. The number of aromatic nitrogens is 1. The van der Waals surface area contributed by atoms with Crippen molar-refractivity contribution in [3.05, 3.63) is 39.3 Å². The molecule has 0 saturated carbocycles. The van der Waals surface area contributed by atoms with E-state index in [0.29, 0.717) is 22.3 Å². The van der Waals surface area contributed by atoms with Crippen LogP contribution in [0.25, 0.3) is 10.6 Å². The normalized spacial score (nSPS) is 10.5. The molecule has 2 rings (SSSR count). The van der Waals surface area contributed by atoms with Gasteiger partial charge in [0.15, 0.2) is 0 Å². The van der Waals surface area contributed by atoms with E-state index in [1.807, 2.05) is 11.4 Å². The number of carbonyl (C=O) groups excluding carboxylic acids is 1. The monoisotopic (exact) mass is 315 g/mol. The molecule has 0 atom stereocenters. The highest BCUT2D eigenvalue weighted by atomic mass is 35.5. The van der Waals surface area contributed by atoms with Crippen molar-refractivity contribution in [3.8, 4) is 10.6 Å². The van der Waals surface area contributed by atoms with Crippen molar-refractivity contribution in [3.63, 3.8) is 0 Å². The van der Waals surface area contributed by atoms with E-state index in [2.05, 4.69) is 4.98 Å². The summed E-state index contributed by atoms with van der Waals surface area (Å²) in [5.74, 6) is -0.270. The first kappa shape index (κ1) is 14.3. The van der Waals surface area contributed by atoms with E-state index in [4.69, 9.17) is 27.9 Å². The fourth-order valence-corrected chi connectivity index (χ4v) is 2.62. The molecule has 19 heavy (non-hydrogen) atoms. The topological polar surface area (TPSA) is 39.2 Å². The van der Waals surface area contributed by atoms with Crippen LogP contribution in [0.1, 0.15) is 12.6 Å². The van der Waals surface area contributed by atoms with Gasteiger partial charge in [-0.25, -0.2) is 4.98 Å². The van der Waals surface area contributed by atoms with Crippen LogP contribution in [0.2, 0.25) is 10.0 Å². The fraction of sp³-hybridized carbons (Fsp3) is 0.231. The van der Waals surface area contributed by atoms with Crippen molar-refractivity contribution in [1.82, 2.24) is 4.98 Å². The molecule has 0 amide bonds. The van der Waals surface area contributed by atoms with E-state index in [1.54, 1.807) is 19.1 Å². The van der Waals surface area contributed by atoms with Gasteiger partial charge < -0.3 is 4.74 Å². The fourth-order valence-electron chi connectivity index (χ4n) is 1.51. The maximum Gasteiger partial charge on any atom is 0.311 e. The maximum absolute atomic E-state index is 11.4. The van der Waals surface area contributed by atoms with Gasteiger partial charge in [0.25, 0.3) is 0 Å². The van der Waals surface area contributed by atoms with Gasteiger partial charge in [-0.3, -0.25) is 4.79 Å². The summed E-state index contributed by atoms with van der Waals surface area (Å²) in [6.45, 7) is 2.16. The molecule has 6 heteroatoms. The second-order valence-electron chi connectivity index (χ2n) is 3.75. The van der Waals surface area contributed by atoms with Crippen molar-refractivity contribution in [2.45, 2.75) is 13.3 Å². The SMILES string of the molecule is CCOC(=O)Cc1csc(-c2ccc(Cl)c(Cl)c2)n1. The lowest BCUT2D eigenvalue weighted by Crippen LogP contribution is -2.07. The molecule has 1 heterocycles. The van der Waals surface area contributed by atoms with Gasteiger partial charge >= 0.3 is 5.97 Å². The number of carbonyl (C=O) groups is 1. The quantitative estimate of drug-likeness (QED) is 0.793. The smallest absolute Gasteiger partial charge is 0.311 e. The molecule has 0 spiro atoms. The van der Waals surface area contributed by atoms with Gasteiger partial charge in [-0.1, -0.05) is 29.3 Å². The van der Waals surface area contributed by atoms with E-state index in [1.165, 1.54) is 11.3 Å².